The van der Waals surface area contributed by atoms with Crippen LogP contribution in [0.3, 0.4) is 0 Å². The Hall–Kier alpha value is -3.39. The van der Waals surface area contributed by atoms with Gasteiger partial charge in [0.15, 0.2) is 16.6 Å². The van der Waals surface area contributed by atoms with Crippen LogP contribution in [0, 0.1) is 6.92 Å². The first-order valence-electron chi connectivity index (χ1n) is 7.78. The highest BCUT2D eigenvalue weighted by atomic mass is 32.1. The number of thiazole rings is 1. The van der Waals surface area contributed by atoms with Crippen molar-refractivity contribution in [3.8, 4) is 21.9 Å². The Kier molecular flexibility index (Phi) is 4.24. The lowest BCUT2D eigenvalue weighted by Crippen LogP contribution is -2.11. The van der Waals surface area contributed by atoms with Crippen molar-refractivity contribution in [3.05, 3.63) is 66.4 Å². The summed E-state index contributed by atoms with van der Waals surface area (Å²) in [5.41, 5.74) is 2.56. The average Bonchev–Trinajstić information content (AvgIpc) is 3.30. The predicted octanol–water partition coefficient (Wildman–Crippen LogP) is 3.82. The Bertz CT molecular complexity index is 1040. The average molecular weight is 363 g/mol. The molecule has 0 unspecified atom stereocenters. The van der Waals surface area contributed by atoms with Gasteiger partial charge in [-0.05, 0) is 31.2 Å². The third kappa shape index (κ3) is 3.22. The zero-order valence-corrected chi connectivity index (χ0v) is 14.5. The number of nitrogens with zero attached hydrogens (tertiary/aromatic N) is 4. The van der Waals surface area contributed by atoms with Crippen LogP contribution in [0.2, 0.25) is 0 Å². The molecule has 0 fully saturated rings. The summed E-state index contributed by atoms with van der Waals surface area (Å²) in [4.78, 5) is 26.1. The van der Waals surface area contributed by atoms with Gasteiger partial charge in [-0.25, -0.2) is 4.98 Å². The van der Waals surface area contributed by atoms with Gasteiger partial charge in [0.1, 0.15) is 0 Å². The van der Waals surface area contributed by atoms with Crippen LogP contribution in [0.15, 0.2) is 59.5 Å². The topological polar surface area (TPSA) is 93.8 Å². The first-order chi connectivity index (χ1) is 12.7. The molecule has 0 saturated heterocycles. The largest absolute Gasteiger partial charge is 0.355 e. The smallest absolute Gasteiger partial charge is 0.279 e. The van der Waals surface area contributed by atoms with Gasteiger partial charge in [-0.15, -0.1) is 0 Å². The van der Waals surface area contributed by atoms with Crippen LogP contribution in [0.1, 0.15) is 16.2 Å². The second kappa shape index (κ2) is 6.85. The SMILES string of the molecule is Cc1nc(NC(=O)c2cc(-c3cccnc3)on2)sc1-c1ccccn1. The minimum Gasteiger partial charge on any atom is -0.355 e. The van der Waals surface area contributed by atoms with Gasteiger partial charge in [-0.1, -0.05) is 22.6 Å². The summed E-state index contributed by atoms with van der Waals surface area (Å²) in [5.74, 6) is 0.0953. The van der Waals surface area contributed by atoms with Gasteiger partial charge >= 0.3 is 0 Å². The van der Waals surface area contributed by atoms with E-state index in [2.05, 4.69) is 25.4 Å². The Labute approximate surface area is 152 Å². The summed E-state index contributed by atoms with van der Waals surface area (Å²) in [6, 6.07) is 10.9. The van der Waals surface area contributed by atoms with E-state index in [1.54, 1.807) is 30.7 Å². The molecule has 1 amide bonds. The summed E-state index contributed by atoms with van der Waals surface area (Å²) in [5, 5.41) is 7.07. The fourth-order valence-corrected chi connectivity index (χ4v) is 3.31. The molecule has 8 heteroatoms. The van der Waals surface area contributed by atoms with Crippen molar-refractivity contribution in [1.29, 1.82) is 0 Å². The second-order valence-corrected chi connectivity index (χ2v) is 6.42. The number of aryl methyl sites for hydroxylation is 1. The molecule has 1 N–H and O–H groups in total. The minimum absolute atomic E-state index is 0.177. The highest BCUT2D eigenvalue weighted by molar-refractivity contribution is 7.19. The molecule has 0 radical (unpaired) electrons. The van der Waals surface area contributed by atoms with Crippen molar-refractivity contribution in [1.82, 2.24) is 20.1 Å². The van der Waals surface area contributed by atoms with E-state index in [1.165, 1.54) is 11.3 Å². The van der Waals surface area contributed by atoms with E-state index in [4.69, 9.17) is 4.52 Å². The maximum absolute atomic E-state index is 12.4. The molecule has 0 bridgehead atoms. The van der Waals surface area contributed by atoms with E-state index in [1.807, 2.05) is 31.2 Å². The lowest BCUT2D eigenvalue weighted by atomic mass is 10.2. The Morgan fingerprint density at radius 2 is 2.12 bits per heavy atom. The van der Waals surface area contributed by atoms with Crippen molar-refractivity contribution in [2.45, 2.75) is 6.92 Å². The molecule has 26 heavy (non-hydrogen) atoms. The predicted molar refractivity (Wildman–Crippen MR) is 97.8 cm³/mol. The van der Waals surface area contributed by atoms with Crippen molar-refractivity contribution in [2.24, 2.45) is 0 Å². The number of hydrogen-bond acceptors (Lipinski definition) is 7. The van der Waals surface area contributed by atoms with Crippen LogP contribution in [-0.2, 0) is 0 Å². The molecule has 4 rings (SSSR count). The number of carbonyl (C=O) groups excluding carboxylic acids is 1. The molecule has 0 aliphatic carbocycles. The molecule has 4 aromatic heterocycles. The van der Waals surface area contributed by atoms with Crippen molar-refractivity contribution >= 4 is 22.4 Å². The van der Waals surface area contributed by atoms with E-state index >= 15 is 0 Å². The Morgan fingerprint density at radius 1 is 1.19 bits per heavy atom. The maximum Gasteiger partial charge on any atom is 0.279 e. The zero-order chi connectivity index (χ0) is 17.9. The second-order valence-electron chi connectivity index (χ2n) is 5.42. The third-order valence-corrected chi connectivity index (χ3v) is 4.70. The number of hydrogen-bond donors (Lipinski definition) is 1. The van der Waals surface area contributed by atoms with Crippen LogP contribution >= 0.6 is 11.3 Å². The van der Waals surface area contributed by atoms with Crippen LogP contribution < -0.4 is 5.32 Å². The molecule has 0 aliphatic rings. The molecular formula is C18H13N5O2S. The van der Waals surface area contributed by atoms with Crippen molar-refractivity contribution in [2.75, 3.05) is 5.32 Å². The number of anilines is 1. The Balaban J connectivity index is 1.53. The molecule has 0 atom stereocenters. The maximum atomic E-state index is 12.4. The molecule has 0 aromatic carbocycles. The monoisotopic (exact) mass is 363 g/mol. The van der Waals surface area contributed by atoms with Crippen LogP contribution in [0.25, 0.3) is 21.9 Å². The molecule has 4 aromatic rings. The minimum atomic E-state index is -0.384. The van der Waals surface area contributed by atoms with Gasteiger partial charge in [-0.3, -0.25) is 20.1 Å². The van der Waals surface area contributed by atoms with Crippen molar-refractivity contribution < 1.29 is 9.32 Å². The van der Waals surface area contributed by atoms with E-state index < -0.39 is 0 Å². The number of pyridine rings is 2. The van der Waals surface area contributed by atoms with E-state index in [9.17, 15) is 4.79 Å². The molecule has 0 saturated carbocycles. The number of nitrogens with one attached hydrogen (secondary N) is 1. The van der Waals surface area contributed by atoms with Gasteiger partial charge < -0.3 is 4.52 Å². The van der Waals surface area contributed by atoms with Gasteiger partial charge in [0.25, 0.3) is 5.91 Å². The van der Waals surface area contributed by atoms with E-state index in [-0.39, 0.29) is 11.6 Å². The van der Waals surface area contributed by atoms with Crippen LogP contribution in [-0.4, -0.2) is 26.0 Å². The molecule has 7 nitrogen and oxygen atoms in total. The van der Waals surface area contributed by atoms with Gasteiger partial charge in [0.2, 0.25) is 0 Å². The lowest BCUT2D eigenvalue weighted by molar-refractivity contribution is 0.101. The molecule has 0 aliphatic heterocycles. The highest BCUT2D eigenvalue weighted by Gasteiger charge is 2.17. The third-order valence-electron chi connectivity index (χ3n) is 3.60. The number of rotatable bonds is 4. The molecule has 4 heterocycles. The van der Waals surface area contributed by atoms with Crippen LogP contribution in [0.4, 0.5) is 5.13 Å². The normalized spacial score (nSPS) is 10.7. The number of amides is 1. The summed E-state index contributed by atoms with van der Waals surface area (Å²) in [6.45, 7) is 1.88. The number of aromatic nitrogens is 4. The molecule has 128 valence electrons. The lowest BCUT2D eigenvalue weighted by Gasteiger charge is -1.96. The summed E-state index contributed by atoms with van der Waals surface area (Å²) in [6.07, 6.45) is 5.03. The molecule has 0 spiro atoms. The van der Waals surface area contributed by atoms with E-state index in [0.717, 1.165) is 21.8 Å². The Morgan fingerprint density at radius 3 is 2.88 bits per heavy atom. The van der Waals surface area contributed by atoms with Crippen LogP contribution in [0.5, 0.6) is 0 Å². The highest BCUT2D eigenvalue weighted by Crippen LogP contribution is 2.31. The standard InChI is InChI=1S/C18H13N5O2S/c1-11-16(13-6-2-3-8-20-13)26-18(21-11)22-17(24)14-9-15(25-23-14)12-5-4-7-19-10-12/h2-10H,1H3,(H,21,22,24). The number of carbonyl (C=O) groups is 1. The van der Waals surface area contributed by atoms with Gasteiger partial charge in [-0.2, -0.15) is 0 Å². The summed E-state index contributed by atoms with van der Waals surface area (Å²) >= 11 is 1.36. The summed E-state index contributed by atoms with van der Waals surface area (Å²) in [7, 11) is 0. The fourth-order valence-electron chi connectivity index (χ4n) is 2.37. The zero-order valence-electron chi connectivity index (χ0n) is 13.7. The fraction of sp³-hybridized carbons (Fsp3) is 0.0556. The van der Waals surface area contributed by atoms with Gasteiger partial charge in [0.05, 0.1) is 16.3 Å². The van der Waals surface area contributed by atoms with Gasteiger partial charge in [0, 0.05) is 30.2 Å². The van der Waals surface area contributed by atoms with Crippen molar-refractivity contribution in [3.63, 3.8) is 0 Å². The first-order valence-corrected chi connectivity index (χ1v) is 8.59. The molecular weight excluding hydrogens is 350 g/mol. The van der Waals surface area contributed by atoms with E-state index in [0.29, 0.717) is 10.9 Å². The summed E-state index contributed by atoms with van der Waals surface area (Å²) < 4.78 is 5.23. The first kappa shape index (κ1) is 16.1. The quantitative estimate of drug-likeness (QED) is 0.592.